The Labute approximate surface area is 129 Å². The Bertz CT molecular complexity index is 659. The standard InChI is InChI=1S/C12H18N4O3S.ClH/c1-19-8-7-13-5-6-16-20(17,18)11-9-15-12-10(11)3-2-4-14-12;/h2-4,9,13,16H,5-8H2,1H3,(H,14,15);1H. The number of hydrogen-bond donors (Lipinski definition) is 3. The first-order valence-corrected chi connectivity index (χ1v) is 7.75. The molecule has 0 bridgehead atoms. The molecule has 0 atom stereocenters. The van der Waals surface area contributed by atoms with Crippen LogP contribution >= 0.6 is 12.4 Å². The zero-order chi connectivity index (χ0) is 14.4. The van der Waals surface area contributed by atoms with E-state index in [9.17, 15) is 8.42 Å². The monoisotopic (exact) mass is 334 g/mol. The molecule has 0 saturated heterocycles. The number of hydrogen-bond acceptors (Lipinski definition) is 5. The minimum Gasteiger partial charge on any atom is -0.383 e. The van der Waals surface area contributed by atoms with Gasteiger partial charge in [-0.2, -0.15) is 0 Å². The average Bonchev–Trinajstić information content (AvgIpc) is 2.87. The van der Waals surface area contributed by atoms with Gasteiger partial charge in [-0.15, -0.1) is 12.4 Å². The summed E-state index contributed by atoms with van der Waals surface area (Å²) in [7, 11) is -1.91. The molecule has 0 saturated carbocycles. The molecular weight excluding hydrogens is 316 g/mol. The van der Waals surface area contributed by atoms with Gasteiger partial charge in [0, 0.05) is 44.5 Å². The van der Waals surface area contributed by atoms with Gasteiger partial charge < -0.3 is 15.0 Å². The van der Waals surface area contributed by atoms with Crippen molar-refractivity contribution in [1.29, 1.82) is 0 Å². The van der Waals surface area contributed by atoms with Crippen molar-refractivity contribution in [1.82, 2.24) is 20.0 Å². The highest BCUT2D eigenvalue weighted by molar-refractivity contribution is 7.89. The second-order valence-electron chi connectivity index (χ2n) is 4.19. The van der Waals surface area contributed by atoms with Crippen molar-refractivity contribution in [2.24, 2.45) is 0 Å². The maximum Gasteiger partial charge on any atom is 0.242 e. The second kappa shape index (κ2) is 8.30. The van der Waals surface area contributed by atoms with Crippen molar-refractivity contribution in [3.63, 3.8) is 0 Å². The largest absolute Gasteiger partial charge is 0.383 e. The highest BCUT2D eigenvalue weighted by atomic mass is 35.5. The lowest BCUT2D eigenvalue weighted by molar-refractivity contribution is 0.199. The minimum absolute atomic E-state index is 0. The number of rotatable bonds is 8. The minimum atomic E-state index is -3.53. The first-order valence-electron chi connectivity index (χ1n) is 6.26. The van der Waals surface area contributed by atoms with Crippen molar-refractivity contribution in [2.75, 3.05) is 33.4 Å². The van der Waals surface area contributed by atoms with E-state index in [2.05, 4.69) is 20.0 Å². The summed E-state index contributed by atoms with van der Waals surface area (Å²) in [6, 6.07) is 3.44. The van der Waals surface area contributed by atoms with Crippen LogP contribution in [0.25, 0.3) is 11.0 Å². The van der Waals surface area contributed by atoms with Crippen LogP contribution in [0.5, 0.6) is 0 Å². The van der Waals surface area contributed by atoms with Crippen LogP contribution in [0.1, 0.15) is 0 Å². The normalized spacial score (nSPS) is 11.5. The van der Waals surface area contributed by atoms with Gasteiger partial charge in [-0.25, -0.2) is 18.1 Å². The number of pyridine rings is 1. The number of ether oxygens (including phenoxy) is 1. The van der Waals surface area contributed by atoms with Crippen LogP contribution in [-0.2, 0) is 14.8 Å². The summed E-state index contributed by atoms with van der Waals surface area (Å²) < 4.78 is 31.8. The molecule has 0 radical (unpaired) electrons. The Kier molecular flexibility index (Phi) is 7.06. The Morgan fingerprint density at radius 2 is 2.14 bits per heavy atom. The molecule has 0 fully saturated rings. The van der Waals surface area contributed by atoms with E-state index < -0.39 is 10.0 Å². The fourth-order valence-corrected chi connectivity index (χ4v) is 3.00. The summed E-state index contributed by atoms with van der Waals surface area (Å²) in [4.78, 5) is 7.14. The van der Waals surface area contributed by atoms with E-state index in [1.807, 2.05) is 0 Å². The van der Waals surface area contributed by atoms with Crippen molar-refractivity contribution in [2.45, 2.75) is 4.90 Å². The molecule has 0 spiro atoms. The fourth-order valence-electron chi connectivity index (χ4n) is 1.80. The molecule has 0 unspecified atom stereocenters. The third kappa shape index (κ3) is 4.65. The number of aromatic amines is 1. The summed E-state index contributed by atoms with van der Waals surface area (Å²) in [6.45, 7) is 2.15. The van der Waals surface area contributed by atoms with E-state index in [0.717, 1.165) is 0 Å². The van der Waals surface area contributed by atoms with Gasteiger partial charge in [-0.1, -0.05) is 0 Å². The lowest BCUT2D eigenvalue weighted by atomic mass is 10.3. The number of sulfonamides is 1. The van der Waals surface area contributed by atoms with Gasteiger partial charge in [-0.05, 0) is 12.1 Å². The third-order valence-electron chi connectivity index (χ3n) is 2.78. The van der Waals surface area contributed by atoms with Gasteiger partial charge in [-0.3, -0.25) is 0 Å². The van der Waals surface area contributed by atoms with Crippen LogP contribution in [0.15, 0.2) is 29.4 Å². The Morgan fingerprint density at radius 1 is 1.33 bits per heavy atom. The van der Waals surface area contributed by atoms with Crippen LogP contribution in [0, 0.1) is 0 Å². The molecule has 9 heteroatoms. The maximum atomic E-state index is 12.2. The topological polar surface area (TPSA) is 96.1 Å². The van der Waals surface area contributed by atoms with Gasteiger partial charge in [0.15, 0.2) is 0 Å². The van der Waals surface area contributed by atoms with Crippen molar-refractivity contribution < 1.29 is 13.2 Å². The predicted molar refractivity (Wildman–Crippen MR) is 83.3 cm³/mol. The molecule has 2 rings (SSSR count). The van der Waals surface area contributed by atoms with E-state index >= 15 is 0 Å². The Morgan fingerprint density at radius 3 is 2.90 bits per heavy atom. The number of halogens is 1. The molecule has 0 aliphatic rings. The molecule has 0 aliphatic heterocycles. The van der Waals surface area contributed by atoms with Gasteiger partial charge in [0.25, 0.3) is 0 Å². The SMILES string of the molecule is COCCNCCNS(=O)(=O)c1c[nH]c2ncccc12.Cl. The molecule has 118 valence electrons. The highest BCUT2D eigenvalue weighted by Gasteiger charge is 2.18. The number of fused-ring (bicyclic) bond motifs is 1. The van der Waals surface area contributed by atoms with Crippen LogP contribution in [-0.4, -0.2) is 51.7 Å². The summed E-state index contributed by atoms with van der Waals surface area (Å²) in [6.07, 6.45) is 3.07. The number of nitrogens with zero attached hydrogens (tertiary/aromatic N) is 1. The molecule has 2 heterocycles. The zero-order valence-electron chi connectivity index (χ0n) is 11.6. The molecule has 2 aromatic heterocycles. The lowest BCUT2D eigenvalue weighted by Gasteiger charge is -2.06. The second-order valence-corrected chi connectivity index (χ2v) is 5.93. The number of nitrogens with one attached hydrogen (secondary N) is 3. The Hall–Kier alpha value is -1.19. The summed E-state index contributed by atoms with van der Waals surface area (Å²) >= 11 is 0. The van der Waals surface area contributed by atoms with Crippen LogP contribution in [0.2, 0.25) is 0 Å². The van der Waals surface area contributed by atoms with Crippen molar-refractivity contribution in [3.8, 4) is 0 Å². The molecule has 0 aromatic carbocycles. The number of H-pyrrole nitrogens is 1. The van der Waals surface area contributed by atoms with E-state index in [4.69, 9.17) is 4.74 Å². The van der Waals surface area contributed by atoms with Crippen LogP contribution < -0.4 is 10.0 Å². The third-order valence-corrected chi connectivity index (χ3v) is 4.28. The van der Waals surface area contributed by atoms with Crippen molar-refractivity contribution in [3.05, 3.63) is 24.5 Å². The van der Waals surface area contributed by atoms with Crippen LogP contribution in [0.3, 0.4) is 0 Å². The van der Waals surface area contributed by atoms with Gasteiger partial charge in [0.2, 0.25) is 10.0 Å². The fraction of sp³-hybridized carbons (Fsp3) is 0.417. The molecule has 0 amide bonds. The van der Waals surface area contributed by atoms with E-state index in [-0.39, 0.29) is 17.3 Å². The van der Waals surface area contributed by atoms with Crippen LogP contribution in [0.4, 0.5) is 0 Å². The van der Waals surface area contributed by atoms with Gasteiger partial charge in [0.05, 0.1) is 6.61 Å². The summed E-state index contributed by atoms with van der Waals surface area (Å²) in [5.41, 5.74) is 0.561. The summed E-state index contributed by atoms with van der Waals surface area (Å²) in [5.74, 6) is 0. The van der Waals surface area contributed by atoms with E-state index in [1.165, 1.54) is 6.20 Å². The molecule has 21 heavy (non-hydrogen) atoms. The quantitative estimate of drug-likeness (QED) is 0.611. The molecule has 3 N–H and O–H groups in total. The van der Waals surface area contributed by atoms with Gasteiger partial charge in [0.1, 0.15) is 10.5 Å². The molecule has 0 aliphatic carbocycles. The smallest absolute Gasteiger partial charge is 0.242 e. The lowest BCUT2D eigenvalue weighted by Crippen LogP contribution is -2.33. The maximum absolute atomic E-state index is 12.2. The van der Waals surface area contributed by atoms with E-state index in [1.54, 1.807) is 25.4 Å². The highest BCUT2D eigenvalue weighted by Crippen LogP contribution is 2.20. The average molecular weight is 335 g/mol. The first-order chi connectivity index (χ1) is 9.65. The summed E-state index contributed by atoms with van der Waals surface area (Å²) in [5, 5.41) is 3.66. The number of aromatic nitrogens is 2. The van der Waals surface area contributed by atoms with Gasteiger partial charge >= 0.3 is 0 Å². The van der Waals surface area contributed by atoms with E-state index in [0.29, 0.717) is 37.3 Å². The Balaban J connectivity index is 0.00000220. The predicted octanol–water partition coefficient (Wildman–Crippen LogP) is 0.499. The zero-order valence-corrected chi connectivity index (χ0v) is 13.3. The van der Waals surface area contributed by atoms with Crippen molar-refractivity contribution >= 4 is 33.5 Å². The molecule has 7 nitrogen and oxygen atoms in total. The molecule has 2 aromatic rings. The number of methoxy groups -OCH3 is 1. The first kappa shape index (κ1) is 17.9. The molecular formula is C12H19ClN4O3S.